The zero-order valence-corrected chi connectivity index (χ0v) is 12.8. The van der Waals surface area contributed by atoms with Gasteiger partial charge in [0.15, 0.2) is 0 Å². The number of aryl methyl sites for hydroxylation is 1. The minimum absolute atomic E-state index is 0.256. The average molecular weight is 290 g/mol. The Kier molecular flexibility index (Phi) is 4.21. The minimum Gasteiger partial charge on any atom is -0.480 e. The fourth-order valence-electron chi connectivity index (χ4n) is 2.87. The second kappa shape index (κ2) is 5.76. The number of carbonyl (C=O) groups is 2. The molecule has 21 heavy (non-hydrogen) atoms. The summed E-state index contributed by atoms with van der Waals surface area (Å²) in [5, 5.41) is 9.51. The average Bonchev–Trinajstić information content (AvgIpc) is 2.46. The molecular weight excluding hydrogens is 268 g/mol. The topological polar surface area (TPSA) is 60.9 Å². The number of hydrogen-bond acceptors (Lipinski definition) is 2. The third-order valence-electron chi connectivity index (χ3n) is 4.35. The Balaban J connectivity index is 2.29. The molecule has 2 rings (SSSR count). The van der Waals surface area contributed by atoms with Crippen molar-refractivity contribution in [3.05, 3.63) is 29.8 Å². The molecule has 5 nitrogen and oxygen atoms in total. The molecule has 0 saturated carbocycles. The van der Waals surface area contributed by atoms with Crippen LogP contribution < -0.4 is 4.90 Å². The van der Waals surface area contributed by atoms with Crippen molar-refractivity contribution in [1.29, 1.82) is 0 Å². The molecule has 1 aromatic rings. The normalized spacial score (nSPS) is 22.0. The molecule has 1 N–H and O–H groups in total. The predicted molar refractivity (Wildman–Crippen MR) is 81.6 cm³/mol. The number of rotatable bonds is 2. The minimum atomic E-state index is -1.12. The number of hydrogen-bond donors (Lipinski definition) is 1. The first-order valence-corrected chi connectivity index (χ1v) is 7.22. The summed E-state index contributed by atoms with van der Waals surface area (Å²) in [5.41, 5.74) is 0.676. The van der Waals surface area contributed by atoms with Crippen molar-refractivity contribution in [1.82, 2.24) is 4.90 Å². The maximum atomic E-state index is 12.8. The Bertz CT molecular complexity index is 558. The zero-order chi connectivity index (χ0) is 15.6. The molecule has 114 valence electrons. The van der Waals surface area contributed by atoms with E-state index in [0.29, 0.717) is 13.0 Å². The van der Waals surface area contributed by atoms with Crippen LogP contribution in [0.25, 0.3) is 0 Å². The summed E-state index contributed by atoms with van der Waals surface area (Å²) < 4.78 is 0. The molecule has 1 aliphatic heterocycles. The number of piperidine rings is 1. The number of benzene rings is 1. The fourth-order valence-corrected chi connectivity index (χ4v) is 2.87. The lowest BCUT2D eigenvalue weighted by Gasteiger charge is -2.43. The van der Waals surface area contributed by atoms with Crippen LogP contribution in [-0.4, -0.2) is 41.1 Å². The van der Waals surface area contributed by atoms with Gasteiger partial charge in [-0.05, 0) is 44.7 Å². The van der Waals surface area contributed by atoms with Crippen molar-refractivity contribution in [3.8, 4) is 0 Å². The van der Waals surface area contributed by atoms with Crippen molar-refractivity contribution in [3.63, 3.8) is 0 Å². The van der Waals surface area contributed by atoms with Crippen LogP contribution in [0, 0.1) is 6.92 Å². The van der Waals surface area contributed by atoms with Crippen molar-refractivity contribution in [2.45, 2.75) is 38.6 Å². The highest BCUT2D eigenvalue weighted by atomic mass is 16.4. The molecule has 1 heterocycles. The van der Waals surface area contributed by atoms with Gasteiger partial charge in [0.2, 0.25) is 0 Å². The Morgan fingerprint density at radius 3 is 2.57 bits per heavy atom. The van der Waals surface area contributed by atoms with E-state index in [4.69, 9.17) is 0 Å². The van der Waals surface area contributed by atoms with Gasteiger partial charge in [-0.1, -0.05) is 18.2 Å². The van der Waals surface area contributed by atoms with Crippen LogP contribution in [0.1, 0.15) is 31.7 Å². The number of para-hydroxylation sites is 1. The van der Waals surface area contributed by atoms with E-state index in [0.717, 1.165) is 24.1 Å². The van der Waals surface area contributed by atoms with Gasteiger partial charge in [-0.25, -0.2) is 9.59 Å². The Labute approximate surface area is 125 Å². The van der Waals surface area contributed by atoms with E-state index in [1.165, 1.54) is 4.90 Å². The van der Waals surface area contributed by atoms with E-state index < -0.39 is 11.5 Å². The highest BCUT2D eigenvalue weighted by molar-refractivity contribution is 5.96. The van der Waals surface area contributed by atoms with Gasteiger partial charge in [0.1, 0.15) is 5.54 Å². The van der Waals surface area contributed by atoms with Crippen molar-refractivity contribution >= 4 is 17.7 Å². The summed E-state index contributed by atoms with van der Waals surface area (Å²) in [6.45, 7) is 4.06. The molecule has 2 amide bonds. The number of likely N-dealkylation sites (tertiary alicyclic amines) is 1. The number of nitrogens with zero attached hydrogens (tertiary/aromatic N) is 2. The molecule has 1 atom stereocenters. The Hall–Kier alpha value is -2.04. The maximum Gasteiger partial charge on any atom is 0.329 e. The number of amides is 2. The summed E-state index contributed by atoms with van der Waals surface area (Å²) >= 11 is 0. The number of aliphatic carboxylic acids is 1. The van der Waals surface area contributed by atoms with Crippen LogP contribution in [-0.2, 0) is 4.79 Å². The van der Waals surface area contributed by atoms with Crippen LogP contribution in [0.3, 0.4) is 0 Å². The number of carboxylic acids is 1. The zero-order valence-electron chi connectivity index (χ0n) is 12.8. The van der Waals surface area contributed by atoms with Gasteiger partial charge >= 0.3 is 12.0 Å². The fraction of sp³-hybridized carbons (Fsp3) is 0.500. The van der Waals surface area contributed by atoms with Gasteiger partial charge < -0.3 is 10.0 Å². The monoisotopic (exact) mass is 290 g/mol. The molecule has 0 aromatic heterocycles. The van der Waals surface area contributed by atoms with Gasteiger partial charge in [0.25, 0.3) is 0 Å². The molecule has 1 fully saturated rings. The largest absolute Gasteiger partial charge is 0.480 e. The third kappa shape index (κ3) is 2.73. The quantitative estimate of drug-likeness (QED) is 0.911. The smallest absolute Gasteiger partial charge is 0.329 e. The molecule has 0 bridgehead atoms. The van der Waals surface area contributed by atoms with E-state index in [1.54, 1.807) is 18.9 Å². The molecule has 0 aliphatic carbocycles. The van der Waals surface area contributed by atoms with Crippen LogP contribution in [0.15, 0.2) is 24.3 Å². The Morgan fingerprint density at radius 2 is 1.95 bits per heavy atom. The molecule has 1 unspecified atom stereocenters. The second-order valence-electron chi connectivity index (χ2n) is 5.82. The van der Waals surface area contributed by atoms with E-state index in [1.807, 2.05) is 31.2 Å². The van der Waals surface area contributed by atoms with E-state index >= 15 is 0 Å². The first-order valence-electron chi connectivity index (χ1n) is 7.22. The molecule has 5 heteroatoms. The van der Waals surface area contributed by atoms with Gasteiger partial charge in [0.05, 0.1) is 0 Å². The van der Waals surface area contributed by atoms with Gasteiger partial charge in [-0.3, -0.25) is 4.90 Å². The van der Waals surface area contributed by atoms with Crippen molar-refractivity contribution in [2.24, 2.45) is 0 Å². The number of urea groups is 1. The number of anilines is 1. The van der Waals surface area contributed by atoms with Gasteiger partial charge in [-0.2, -0.15) is 0 Å². The van der Waals surface area contributed by atoms with Gasteiger partial charge in [0, 0.05) is 19.3 Å². The van der Waals surface area contributed by atoms with Crippen molar-refractivity contribution in [2.75, 3.05) is 18.5 Å². The number of carbonyl (C=O) groups excluding carboxylic acids is 1. The molecule has 0 spiro atoms. The molecule has 1 aliphatic rings. The van der Waals surface area contributed by atoms with Crippen LogP contribution in [0.2, 0.25) is 0 Å². The summed E-state index contributed by atoms with van der Waals surface area (Å²) in [4.78, 5) is 27.4. The SMILES string of the molecule is Cc1ccccc1N(C)C(=O)N1CCCCC1(C)C(=O)O. The molecular formula is C16H22N2O3. The number of carboxylic acid groups (broad SMARTS) is 1. The lowest BCUT2D eigenvalue weighted by molar-refractivity contribution is -0.150. The van der Waals surface area contributed by atoms with Gasteiger partial charge in [-0.15, -0.1) is 0 Å². The first-order chi connectivity index (χ1) is 9.88. The molecule has 1 saturated heterocycles. The third-order valence-corrected chi connectivity index (χ3v) is 4.35. The first kappa shape index (κ1) is 15.4. The summed E-state index contributed by atoms with van der Waals surface area (Å²) in [6.07, 6.45) is 2.17. The predicted octanol–water partition coefficient (Wildman–Crippen LogP) is 2.88. The molecule has 1 aromatic carbocycles. The van der Waals surface area contributed by atoms with Crippen LogP contribution >= 0.6 is 0 Å². The highest BCUT2D eigenvalue weighted by Crippen LogP contribution is 2.30. The van der Waals surface area contributed by atoms with E-state index in [2.05, 4.69) is 0 Å². The molecule has 0 radical (unpaired) electrons. The van der Waals surface area contributed by atoms with E-state index in [9.17, 15) is 14.7 Å². The van der Waals surface area contributed by atoms with E-state index in [-0.39, 0.29) is 6.03 Å². The van der Waals surface area contributed by atoms with Crippen molar-refractivity contribution < 1.29 is 14.7 Å². The summed E-state index contributed by atoms with van der Waals surface area (Å²) in [7, 11) is 1.70. The Morgan fingerprint density at radius 1 is 1.29 bits per heavy atom. The standard InChI is InChI=1S/C16H22N2O3/c1-12-8-4-5-9-13(12)17(3)15(21)18-11-7-6-10-16(18,2)14(19)20/h4-5,8-9H,6-7,10-11H2,1-3H3,(H,19,20). The summed E-state index contributed by atoms with van der Waals surface area (Å²) in [6, 6.07) is 7.34. The van der Waals surface area contributed by atoms with Crippen LogP contribution in [0.4, 0.5) is 10.5 Å². The van der Waals surface area contributed by atoms with Crippen LogP contribution in [0.5, 0.6) is 0 Å². The second-order valence-corrected chi connectivity index (χ2v) is 5.82. The lowest BCUT2D eigenvalue weighted by atomic mass is 9.89. The lowest BCUT2D eigenvalue weighted by Crippen LogP contribution is -2.60. The highest BCUT2D eigenvalue weighted by Gasteiger charge is 2.45. The summed E-state index contributed by atoms with van der Waals surface area (Å²) in [5.74, 6) is -0.936. The maximum absolute atomic E-state index is 12.8.